The quantitative estimate of drug-likeness (QED) is 0.448. The Morgan fingerprint density at radius 2 is 2.03 bits per heavy atom. The van der Waals surface area contributed by atoms with Crippen LogP contribution in [0.2, 0.25) is 0 Å². The Hall–Kier alpha value is -2.74. The number of benzene rings is 1. The number of allylic oxidation sites excluding steroid dienone is 2. The van der Waals surface area contributed by atoms with E-state index in [1.165, 1.54) is 11.8 Å². The van der Waals surface area contributed by atoms with Gasteiger partial charge in [0.15, 0.2) is 22.4 Å². The van der Waals surface area contributed by atoms with Crippen molar-refractivity contribution in [1.29, 1.82) is 0 Å². The molecule has 1 atom stereocenters. The highest BCUT2D eigenvalue weighted by Gasteiger charge is 2.42. The molecule has 1 aliphatic heterocycles. The number of nitrogens with one attached hydrogen (secondary N) is 2. The number of ether oxygens (including phenoxy) is 1. The number of fused-ring (bicyclic) bond motifs is 1. The number of anilines is 1. The van der Waals surface area contributed by atoms with Gasteiger partial charge in [0.25, 0.3) is 5.56 Å². The number of hydrogen-bond donors (Lipinski definition) is 3. The molecule has 0 amide bonds. The highest BCUT2D eigenvalue weighted by Crippen LogP contribution is 2.48. The second-order valence-electron chi connectivity index (χ2n) is 9.35. The summed E-state index contributed by atoms with van der Waals surface area (Å²) in [5.41, 5.74) is 2.08. The molecule has 4 rings (SSSR count). The minimum Gasteiger partial charge on any atom is -0.504 e. The zero-order valence-corrected chi connectivity index (χ0v) is 19.9. The number of aromatic nitrogens is 2. The second kappa shape index (κ2) is 8.31. The van der Waals surface area contributed by atoms with Crippen LogP contribution in [0, 0.1) is 5.41 Å². The number of hydrogen-bond acceptors (Lipinski definition) is 7. The minimum absolute atomic E-state index is 0.0190. The molecule has 1 unspecified atom stereocenters. The van der Waals surface area contributed by atoms with Gasteiger partial charge in [-0.25, -0.2) is 4.98 Å². The van der Waals surface area contributed by atoms with Crippen LogP contribution in [0.3, 0.4) is 0 Å². The van der Waals surface area contributed by atoms with Gasteiger partial charge in [0.1, 0.15) is 5.82 Å². The van der Waals surface area contributed by atoms with Gasteiger partial charge in [-0.1, -0.05) is 45.5 Å². The summed E-state index contributed by atoms with van der Waals surface area (Å²) in [4.78, 5) is 34.2. The molecular weight excluding hydrogens is 426 g/mol. The normalized spacial score (nSPS) is 19.4. The van der Waals surface area contributed by atoms with E-state index < -0.39 is 5.92 Å². The third-order valence-corrected chi connectivity index (χ3v) is 6.55. The fourth-order valence-electron chi connectivity index (χ4n) is 4.49. The third-order valence-electron chi connectivity index (χ3n) is 5.66. The predicted molar refractivity (Wildman–Crippen MR) is 126 cm³/mol. The lowest BCUT2D eigenvalue weighted by Gasteiger charge is -2.38. The molecule has 2 heterocycles. The van der Waals surface area contributed by atoms with Crippen LogP contribution >= 0.6 is 11.8 Å². The maximum Gasteiger partial charge on any atom is 0.257 e. The first kappa shape index (κ1) is 22.5. The van der Waals surface area contributed by atoms with Crippen LogP contribution < -0.4 is 15.6 Å². The standard InChI is InChI=1S/C24H29N3O4S/c1-6-31-17-9-13(7-8-15(17)28)18-19-14(10-24(4,5)11-16(19)29)25-21-20(18)22(30)27-23(26-21)32-12(2)3/h7-9,12,18,28H,6,10-11H2,1-5H3,(H2,25,26,27,30). The van der Waals surface area contributed by atoms with E-state index >= 15 is 0 Å². The number of nitrogens with zero attached hydrogens (tertiary/aromatic N) is 1. The molecule has 1 aliphatic carbocycles. The molecule has 170 valence electrons. The number of H-pyrrole nitrogens is 1. The van der Waals surface area contributed by atoms with Crippen molar-refractivity contribution in [2.75, 3.05) is 11.9 Å². The van der Waals surface area contributed by atoms with E-state index in [0.29, 0.717) is 52.9 Å². The smallest absolute Gasteiger partial charge is 0.257 e. The lowest BCUT2D eigenvalue weighted by molar-refractivity contribution is -0.118. The summed E-state index contributed by atoms with van der Waals surface area (Å²) in [5.74, 6) is 0.264. The number of carbonyl (C=O) groups is 1. The average Bonchev–Trinajstić information content (AvgIpc) is 2.66. The van der Waals surface area contributed by atoms with Gasteiger partial charge in [-0.15, -0.1) is 0 Å². The van der Waals surface area contributed by atoms with Gasteiger partial charge in [-0.05, 0) is 36.5 Å². The molecule has 0 bridgehead atoms. The predicted octanol–water partition coefficient (Wildman–Crippen LogP) is 4.58. The van der Waals surface area contributed by atoms with Crippen LogP contribution in [-0.4, -0.2) is 32.7 Å². The molecule has 3 N–H and O–H groups in total. The van der Waals surface area contributed by atoms with Gasteiger partial charge in [0.05, 0.1) is 12.2 Å². The summed E-state index contributed by atoms with van der Waals surface area (Å²) in [6.45, 7) is 10.4. The maximum absolute atomic E-state index is 13.3. The van der Waals surface area contributed by atoms with Crippen LogP contribution in [0.4, 0.5) is 5.82 Å². The van der Waals surface area contributed by atoms with Gasteiger partial charge in [-0.2, -0.15) is 0 Å². The topological polar surface area (TPSA) is 104 Å². The first-order valence-electron chi connectivity index (χ1n) is 10.9. The molecule has 1 aromatic carbocycles. The van der Waals surface area contributed by atoms with E-state index in [4.69, 9.17) is 9.72 Å². The number of carbonyl (C=O) groups excluding carboxylic acids is 1. The number of thioether (sulfide) groups is 1. The fourth-order valence-corrected chi connectivity index (χ4v) is 5.23. The van der Waals surface area contributed by atoms with Crippen LogP contribution in [0.1, 0.15) is 64.5 Å². The van der Waals surface area contributed by atoms with Crippen LogP contribution in [0.5, 0.6) is 11.5 Å². The van der Waals surface area contributed by atoms with E-state index in [2.05, 4.69) is 24.1 Å². The van der Waals surface area contributed by atoms with E-state index in [-0.39, 0.29) is 27.8 Å². The summed E-state index contributed by atoms with van der Waals surface area (Å²) in [6, 6.07) is 5.00. The van der Waals surface area contributed by atoms with Crippen LogP contribution in [0.15, 0.2) is 39.4 Å². The van der Waals surface area contributed by atoms with Crippen molar-refractivity contribution < 1.29 is 14.6 Å². The highest BCUT2D eigenvalue weighted by atomic mass is 32.2. The number of ketones is 1. The number of aromatic hydroxyl groups is 1. The van der Waals surface area contributed by atoms with Gasteiger partial charge < -0.3 is 20.1 Å². The van der Waals surface area contributed by atoms with Crippen LogP contribution in [0.25, 0.3) is 0 Å². The molecule has 32 heavy (non-hydrogen) atoms. The summed E-state index contributed by atoms with van der Waals surface area (Å²) in [5, 5.41) is 14.3. The van der Waals surface area contributed by atoms with Crippen molar-refractivity contribution in [1.82, 2.24) is 9.97 Å². The Kier molecular flexibility index (Phi) is 5.83. The maximum atomic E-state index is 13.3. The van der Waals surface area contributed by atoms with E-state index in [9.17, 15) is 14.7 Å². The van der Waals surface area contributed by atoms with Crippen molar-refractivity contribution in [3.63, 3.8) is 0 Å². The number of phenolic OH excluding ortho intramolecular Hbond substituents is 1. The van der Waals surface area contributed by atoms with E-state index in [1.54, 1.807) is 18.2 Å². The number of phenols is 1. The molecular formula is C24H29N3O4S. The molecule has 8 heteroatoms. The average molecular weight is 456 g/mol. The summed E-state index contributed by atoms with van der Waals surface area (Å²) in [7, 11) is 0. The minimum atomic E-state index is -0.584. The van der Waals surface area contributed by atoms with Gasteiger partial charge >= 0.3 is 0 Å². The summed E-state index contributed by atoms with van der Waals surface area (Å²) >= 11 is 1.48. The zero-order valence-electron chi connectivity index (χ0n) is 19.0. The number of Topliss-reactive ketones (excluding diaryl/α,β-unsaturated/α-hetero) is 1. The Balaban J connectivity index is 1.94. The molecule has 0 fully saturated rings. The molecule has 0 spiro atoms. The molecule has 2 aliphatic rings. The summed E-state index contributed by atoms with van der Waals surface area (Å²) in [6.07, 6.45) is 1.09. The molecule has 0 saturated carbocycles. The van der Waals surface area contributed by atoms with Crippen molar-refractivity contribution in [2.24, 2.45) is 5.41 Å². The Labute approximate surface area is 191 Å². The van der Waals surface area contributed by atoms with E-state index in [0.717, 1.165) is 5.70 Å². The van der Waals surface area contributed by atoms with Crippen molar-refractivity contribution in [3.8, 4) is 11.5 Å². The second-order valence-corrected chi connectivity index (χ2v) is 10.9. The van der Waals surface area contributed by atoms with Crippen LogP contribution in [-0.2, 0) is 4.79 Å². The molecule has 2 aromatic rings. The van der Waals surface area contributed by atoms with Gasteiger partial charge in [0.2, 0.25) is 0 Å². The largest absolute Gasteiger partial charge is 0.504 e. The lowest BCUT2D eigenvalue weighted by atomic mass is 9.69. The Bertz CT molecular complexity index is 1170. The number of rotatable bonds is 5. The molecule has 7 nitrogen and oxygen atoms in total. The van der Waals surface area contributed by atoms with Gasteiger partial charge in [-0.3, -0.25) is 9.59 Å². The summed E-state index contributed by atoms with van der Waals surface area (Å²) < 4.78 is 5.57. The van der Waals surface area contributed by atoms with E-state index in [1.807, 2.05) is 20.8 Å². The first-order valence-corrected chi connectivity index (χ1v) is 11.8. The molecule has 0 saturated heterocycles. The fraction of sp³-hybridized carbons (Fsp3) is 0.458. The van der Waals surface area contributed by atoms with Crippen molar-refractivity contribution >= 4 is 23.4 Å². The van der Waals surface area contributed by atoms with Crippen molar-refractivity contribution in [2.45, 2.75) is 63.8 Å². The Morgan fingerprint density at radius 1 is 1.28 bits per heavy atom. The van der Waals surface area contributed by atoms with Crippen molar-refractivity contribution in [3.05, 3.63) is 50.9 Å². The lowest BCUT2D eigenvalue weighted by Crippen LogP contribution is -2.37. The van der Waals surface area contributed by atoms with Gasteiger partial charge in [0, 0.05) is 28.9 Å². The third kappa shape index (κ3) is 4.16. The first-order chi connectivity index (χ1) is 15.1. The monoisotopic (exact) mass is 455 g/mol. The molecule has 0 radical (unpaired) electrons. The molecule has 1 aromatic heterocycles. The highest BCUT2D eigenvalue weighted by molar-refractivity contribution is 7.99. The SMILES string of the molecule is CCOc1cc(C2C3=C(CC(C)(C)CC3=O)Nc3nc(SC(C)C)[nH]c(=O)c32)ccc1O. The number of aromatic amines is 1. The zero-order chi connectivity index (χ0) is 23.2. The Morgan fingerprint density at radius 3 is 2.72 bits per heavy atom.